The van der Waals surface area contributed by atoms with Crippen LogP contribution in [0.4, 0.5) is 26.3 Å². The minimum atomic E-state index is -4.72. The first-order chi connectivity index (χ1) is 13.3. The van der Waals surface area contributed by atoms with Gasteiger partial charge in [-0.3, -0.25) is 9.59 Å². The van der Waals surface area contributed by atoms with Gasteiger partial charge in [-0.05, 0) is 19.3 Å². The molecule has 0 bridgehead atoms. The number of hydrogen-bond acceptors (Lipinski definition) is 3. The van der Waals surface area contributed by atoms with Crippen LogP contribution in [-0.2, 0) is 9.59 Å². The van der Waals surface area contributed by atoms with Gasteiger partial charge < -0.3 is 15.3 Å². The topological polar surface area (TPSA) is 69.6 Å². The van der Waals surface area contributed by atoms with E-state index >= 15 is 0 Å². The Bertz CT molecular complexity index is 792. The Morgan fingerprint density at radius 3 is 2.48 bits per heavy atom. The maximum atomic E-state index is 13.0. The lowest BCUT2D eigenvalue weighted by Crippen LogP contribution is -2.39. The number of nitrogens with one attached hydrogen (secondary N) is 1. The monoisotopic (exact) mass is 424 g/mol. The Balaban J connectivity index is 2.13. The number of aliphatic hydroxyl groups excluding tert-OH is 1. The van der Waals surface area contributed by atoms with Gasteiger partial charge in [-0.15, -0.1) is 0 Å². The molecule has 0 unspecified atom stereocenters. The molecule has 11 heteroatoms. The number of alkyl halides is 6. The van der Waals surface area contributed by atoms with Crippen LogP contribution in [0.2, 0.25) is 0 Å². The Hall–Kier alpha value is -2.72. The van der Waals surface area contributed by atoms with Gasteiger partial charge in [-0.1, -0.05) is 30.4 Å². The molecule has 0 aromatic rings. The van der Waals surface area contributed by atoms with Gasteiger partial charge in [0.25, 0.3) is 11.8 Å². The van der Waals surface area contributed by atoms with Crippen LogP contribution in [0.1, 0.15) is 19.3 Å². The van der Waals surface area contributed by atoms with E-state index in [1.807, 2.05) is 0 Å². The van der Waals surface area contributed by atoms with Gasteiger partial charge in [-0.25, -0.2) is 0 Å². The largest absolute Gasteiger partial charge is 0.503 e. The first-order valence-corrected chi connectivity index (χ1v) is 8.50. The minimum Gasteiger partial charge on any atom is -0.503 e. The van der Waals surface area contributed by atoms with Crippen LogP contribution in [0.5, 0.6) is 0 Å². The lowest BCUT2D eigenvalue weighted by atomic mass is 10.0. The lowest BCUT2D eigenvalue weighted by molar-refractivity contribution is -0.157. The normalized spacial score (nSPS) is 24.6. The Morgan fingerprint density at radius 1 is 1.24 bits per heavy atom. The summed E-state index contributed by atoms with van der Waals surface area (Å²) in [4.78, 5) is 24.3. The summed E-state index contributed by atoms with van der Waals surface area (Å²) >= 11 is 0. The number of halogens is 6. The second-order valence-corrected chi connectivity index (χ2v) is 6.70. The second-order valence-electron chi connectivity index (χ2n) is 6.70. The molecular weight excluding hydrogens is 406 g/mol. The molecule has 2 N–H and O–H groups in total. The molecule has 0 radical (unpaired) electrons. The number of carbonyl (C=O) groups excluding carboxylic acids is 2. The van der Waals surface area contributed by atoms with E-state index in [1.54, 1.807) is 0 Å². The van der Waals surface area contributed by atoms with Crippen molar-refractivity contribution in [2.45, 2.75) is 37.7 Å². The zero-order chi connectivity index (χ0) is 22.0. The predicted molar refractivity (Wildman–Crippen MR) is 90.5 cm³/mol. The zero-order valence-electron chi connectivity index (χ0n) is 15.0. The Labute approximate surface area is 162 Å². The summed E-state index contributed by atoms with van der Waals surface area (Å²) in [5.41, 5.74) is -1.08. The molecule has 1 atom stereocenters. The summed E-state index contributed by atoms with van der Waals surface area (Å²) in [5.74, 6) is -3.45. The van der Waals surface area contributed by atoms with Crippen molar-refractivity contribution in [2.75, 3.05) is 13.1 Å². The van der Waals surface area contributed by atoms with E-state index in [0.717, 1.165) is 12.2 Å². The molecule has 2 rings (SSSR count). The Morgan fingerprint density at radius 2 is 1.90 bits per heavy atom. The van der Waals surface area contributed by atoms with Crippen LogP contribution in [0.15, 0.2) is 47.3 Å². The first-order valence-electron chi connectivity index (χ1n) is 8.50. The molecule has 5 nitrogen and oxygen atoms in total. The van der Waals surface area contributed by atoms with Gasteiger partial charge in [0.15, 0.2) is 5.76 Å². The fourth-order valence-corrected chi connectivity index (χ4v) is 2.86. The average molecular weight is 424 g/mol. The van der Waals surface area contributed by atoms with Crippen LogP contribution < -0.4 is 5.32 Å². The summed E-state index contributed by atoms with van der Waals surface area (Å²) in [6.45, 7) is 1.24. The molecule has 0 aromatic carbocycles. The van der Waals surface area contributed by atoms with Crippen molar-refractivity contribution in [1.29, 1.82) is 0 Å². The van der Waals surface area contributed by atoms with E-state index in [2.05, 4.69) is 11.9 Å². The predicted octanol–water partition coefficient (Wildman–Crippen LogP) is 3.47. The van der Waals surface area contributed by atoms with Gasteiger partial charge in [0.2, 0.25) is 0 Å². The van der Waals surface area contributed by atoms with E-state index in [1.165, 1.54) is 6.08 Å². The van der Waals surface area contributed by atoms with Crippen molar-refractivity contribution in [2.24, 2.45) is 0 Å². The highest BCUT2D eigenvalue weighted by molar-refractivity contribution is 6.07. The molecule has 1 aliphatic carbocycles. The van der Waals surface area contributed by atoms with Crippen LogP contribution in [0.25, 0.3) is 0 Å². The van der Waals surface area contributed by atoms with Crippen LogP contribution in [-0.4, -0.2) is 53.3 Å². The van der Waals surface area contributed by atoms with Crippen LogP contribution in [0, 0.1) is 0 Å². The molecule has 160 valence electrons. The summed E-state index contributed by atoms with van der Waals surface area (Å²) in [6.07, 6.45) is -6.04. The highest BCUT2D eigenvalue weighted by atomic mass is 19.4. The van der Waals surface area contributed by atoms with Crippen molar-refractivity contribution < 1.29 is 41.0 Å². The fraction of sp³-hybridized carbons (Fsp3) is 0.444. The number of aliphatic hydroxyl groups is 1. The first kappa shape index (κ1) is 22.6. The third-order valence-corrected chi connectivity index (χ3v) is 4.37. The lowest BCUT2D eigenvalue weighted by Gasteiger charge is -2.19. The maximum absolute atomic E-state index is 13.0. The highest BCUT2D eigenvalue weighted by Gasteiger charge is 2.41. The molecule has 0 aromatic heterocycles. The number of rotatable bonds is 3. The summed E-state index contributed by atoms with van der Waals surface area (Å²) < 4.78 is 76.5. The third-order valence-electron chi connectivity index (χ3n) is 4.37. The van der Waals surface area contributed by atoms with Gasteiger partial charge in [0.05, 0.1) is 17.7 Å². The minimum absolute atomic E-state index is 0.202. The van der Waals surface area contributed by atoms with Gasteiger partial charge >= 0.3 is 12.4 Å². The molecule has 1 aliphatic heterocycles. The number of hydrogen-bond donors (Lipinski definition) is 2. The van der Waals surface area contributed by atoms with Gasteiger partial charge in [0.1, 0.15) is 6.54 Å². The number of amides is 2. The number of carbonyl (C=O) groups is 2. The standard InChI is InChI=1S/C18H18F6N2O3/c1-10-2-4-11(18(22,23)24)5-7-12(6-3-10)25-15(28)13-8-26(9-17(19,20)21)16(29)14(13)27/h2,4-5,12,27H,1,3,6-9H2,(H,25,28)/b4-2-,11-5+/t12-/m1/s1. The van der Waals surface area contributed by atoms with E-state index < -0.39 is 60.2 Å². The molecular formula is C18H18F6N2O3. The van der Waals surface area contributed by atoms with Gasteiger partial charge in [0, 0.05) is 6.04 Å². The van der Waals surface area contributed by atoms with Crippen molar-refractivity contribution in [3.63, 3.8) is 0 Å². The Kier molecular flexibility index (Phi) is 6.49. The molecule has 1 heterocycles. The van der Waals surface area contributed by atoms with E-state index in [0.29, 0.717) is 5.57 Å². The van der Waals surface area contributed by atoms with Crippen LogP contribution >= 0.6 is 0 Å². The van der Waals surface area contributed by atoms with Gasteiger partial charge in [-0.2, -0.15) is 26.3 Å². The fourth-order valence-electron chi connectivity index (χ4n) is 2.86. The summed E-state index contributed by atoms with van der Waals surface area (Å²) in [6, 6.07) is -0.802. The molecule has 0 spiro atoms. The maximum Gasteiger partial charge on any atom is 0.416 e. The SMILES string of the molecule is C=C1/C=C\C(C(F)(F)F)=C/C[C@H](NC(=O)C2=C(O)C(=O)N(CC(F)(F)F)C2)CC1. The van der Waals surface area contributed by atoms with E-state index in [9.17, 15) is 41.0 Å². The molecule has 29 heavy (non-hydrogen) atoms. The third kappa shape index (κ3) is 6.13. The molecule has 0 fully saturated rings. The van der Waals surface area contributed by atoms with Crippen molar-refractivity contribution >= 4 is 11.8 Å². The second kappa shape index (κ2) is 8.34. The highest BCUT2D eigenvalue weighted by Crippen LogP contribution is 2.29. The van der Waals surface area contributed by atoms with Crippen molar-refractivity contribution in [1.82, 2.24) is 10.2 Å². The smallest absolute Gasteiger partial charge is 0.416 e. The quantitative estimate of drug-likeness (QED) is 0.682. The molecule has 2 amide bonds. The number of nitrogens with zero attached hydrogens (tertiary/aromatic N) is 1. The molecule has 2 aliphatic rings. The van der Waals surface area contributed by atoms with Crippen molar-refractivity contribution in [3.05, 3.63) is 47.3 Å². The van der Waals surface area contributed by atoms with E-state index in [-0.39, 0.29) is 24.2 Å². The molecule has 0 saturated carbocycles. The van der Waals surface area contributed by atoms with Crippen LogP contribution in [0.3, 0.4) is 0 Å². The molecule has 0 saturated heterocycles. The summed E-state index contributed by atoms with van der Waals surface area (Å²) in [5, 5.41) is 12.1. The zero-order valence-corrected chi connectivity index (χ0v) is 15.0. The summed E-state index contributed by atoms with van der Waals surface area (Å²) in [7, 11) is 0. The van der Waals surface area contributed by atoms with E-state index in [4.69, 9.17) is 0 Å². The average Bonchev–Trinajstić information content (AvgIpc) is 2.88. The van der Waals surface area contributed by atoms with Crippen molar-refractivity contribution in [3.8, 4) is 0 Å². The number of allylic oxidation sites excluding steroid dienone is 4.